The number of aliphatic carboxylic acids is 1. The molecule has 0 unspecified atom stereocenters. The van der Waals surface area contributed by atoms with Crippen LogP contribution in [0.25, 0.3) is 0 Å². The van der Waals surface area contributed by atoms with Gasteiger partial charge in [0, 0.05) is 24.7 Å². The SMILES string of the molecule is O=C(O)CCCCCNC(=O)CCBr. The standard InChI is InChI=1S/C9H16BrNO3/c10-6-5-8(12)11-7-3-1-2-4-9(13)14/h1-7H2,(H,11,12)(H,13,14). The summed E-state index contributed by atoms with van der Waals surface area (Å²) >= 11 is 3.17. The minimum absolute atomic E-state index is 0.0418. The maximum Gasteiger partial charge on any atom is 0.303 e. The van der Waals surface area contributed by atoms with Crippen molar-refractivity contribution in [2.45, 2.75) is 32.1 Å². The third-order valence-corrected chi connectivity index (χ3v) is 2.11. The van der Waals surface area contributed by atoms with E-state index < -0.39 is 5.97 Å². The van der Waals surface area contributed by atoms with Gasteiger partial charge in [0.25, 0.3) is 0 Å². The number of carboxylic acids is 1. The molecule has 0 rings (SSSR count). The molecule has 0 aliphatic carbocycles. The van der Waals surface area contributed by atoms with Gasteiger partial charge in [0.15, 0.2) is 0 Å². The molecule has 0 aromatic rings. The van der Waals surface area contributed by atoms with E-state index in [1.807, 2.05) is 0 Å². The van der Waals surface area contributed by atoms with Crippen LogP contribution in [0.4, 0.5) is 0 Å². The van der Waals surface area contributed by atoms with E-state index >= 15 is 0 Å². The van der Waals surface area contributed by atoms with Crippen LogP contribution in [0, 0.1) is 0 Å². The molecule has 0 aliphatic heterocycles. The van der Waals surface area contributed by atoms with Crippen molar-refractivity contribution in [3.63, 3.8) is 0 Å². The lowest BCUT2D eigenvalue weighted by Crippen LogP contribution is -2.24. The molecule has 0 atom stereocenters. The minimum atomic E-state index is -0.756. The second-order valence-corrected chi connectivity index (χ2v) is 3.79. The predicted octanol–water partition coefficient (Wildman–Crippen LogP) is 1.53. The Morgan fingerprint density at radius 1 is 1.14 bits per heavy atom. The lowest BCUT2D eigenvalue weighted by Gasteiger charge is -2.02. The van der Waals surface area contributed by atoms with Crippen molar-refractivity contribution < 1.29 is 14.7 Å². The Balaban J connectivity index is 3.13. The molecule has 14 heavy (non-hydrogen) atoms. The largest absolute Gasteiger partial charge is 0.481 e. The number of carbonyl (C=O) groups excluding carboxylic acids is 1. The van der Waals surface area contributed by atoms with Crippen LogP contribution in [-0.4, -0.2) is 28.9 Å². The normalized spacial score (nSPS) is 9.79. The van der Waals surface area contributed by atoms with Crippen LogP contribution in [-0.2, 0) is 9.59 Å². The fraction of sp³-hybridized carbons (Fsp3) is 0.778. The molecule has 0 spiro atoms. The quantitative estimate of drug-likeness (QED) is 0.517. The van der Waals surface area contributed by atoms with Gasteiger partial charge in [-0.2, -0.15) is 0 Å². The van der Waals surface area contributed by atoms with Gasteiger partial charge in [-0.1, -0.05) is 22.4 Å². The number of nitrogens with one attached hydrogen (secondary N) is 1. The van der Waals surface area contributed by atoms with Crippen LogP contribution in [0.3, 0.4) is 0 Å². The molecule has 0 fully saturated rings. The van der Waals surface area contributed by atoms with Crippen molar-refractivity contribution in [2.75, 3.05) is 11.9 Å². The highest BCUT2D eigenvalue weighted by Gasteiger charge is 1.99. The van der Waals surface area contributed by atoms with Gasteiger partial charge >= 0.3 is 5.97 Å². The number of rotatable bonds is 8. The van der Waals surface area contributed by atoms with E-state index in [4.69, 9.17) is 5.11 Å². The van der Waals surface area contributed by atoms with Gasteiger partial charge in [0.2, 0.25) is 5.91 Å². The lowest BCUT2D eigenvalue weighted by molar-refractivity contribution is -0.137. The van der Waals surface area contributed by atoms with Gasteiger partial charge in [-0.15, -0.1) is 0 Å². The van der Waals surface area contributed by atoms with Crippen LogP contribution < -0.4 is 5.32 Å². The van der Waals surface area contributed by atoms with Crippen LogP contribution in [0.1, 0.15) is 32.1 Å². The summed E-state index contributed by atoms with van der Waals surface area (Å²) in [5, 5.41) is 11.8. The van der Waals surface area contributed by atoms with E-state index in [1.54, 1.807) is 0 Å². The average Bonchev–Trinajstić information content (AvgIpc) is 2.11. The molecule has 0 aromatic heterocycles. The Labute approximate surface area is 92.2 Å². The Bertz CT molecular complexity index is 185. The summed E-state index contributed by atoms with van der Waals surface area (Å²) in [6, 6.07) is 0. The van der Waals surface area contributed by atoms with Crippen molar-refractivity contribution in [3.8, 4) is 0 Å². The molecule has 4 nitrogen and oxygen atoms in total. The maximum absolute atomic E-state index is 10.9. The monoisotopic (exact) mass is 265 g/mol. The number of alkyl halides is 1. The molecule has 0 radical (unpaired) electrons. The van der Waals surface area contributed by atoms with Gasteiger partial charge in [-0.05, 0) is 12.8 Å². The highest BCUT2D eigenvalue weighted by atomic mass is 79.9. The van der Waals surface area contributed by atoms with E-state index in [9.17, 15) is 9.59 Å². The highest BCUT2D eigenvalue weighted by Crippen LogP contribution is 1.98. The third-order valence-electron chi connectivity index (χ3n) is 1.71. The third kappa shape index (κ3) is 9.51. The zero-order chi connectivity index (χ0) is 10.8. The number of carbonyl (C=O) groups is 2. The Morgan fingerprint density at radius 3 is 2.43 bits per heavy atom. The summed E-state index contributed by atoms with van der Waals surface area (Å²) in [6.07, 6.45) is 3.09. The summed E-state index contributed by atoms with van der Waals surface area (Å²) in [5.41, 5.74) is 0. The van der Waals surface area contributed by atoms with E-state index in [2.05, 4.69) is 21.2 Å². The molecule has 5 heteroatoms. The first-order valence-electron chi connectivity index (χ1n) is 4.71. The van der Waals surface area contributed by atoms with E-state index in [0.717, 1.165) is 12.8 Å². The Hall–Kier alpha value is -0.580. The number of hydrogen-bond donors (Lipinski definition) is 2. The molecule has 0 bridgehead atoms. The van der Waals surface area contributed by atoms with Crippen molar-refractivity contribution in [3.05, 3.63) is 0 Å². The van der Waals surface area contributed by atoms with Gasteiger partial charge < -0.3 is 10.4 Å². The van der Waals surface area contributed by atoms with Gasteiger partial charge in [-0.3, -0.25) is 9.59 Å². The zero-order valence-electron chi connectivity index (χ0n) is 8.09. The van der Waals surface area contributed by atoms with Crippen molar-refractivity contribution >= 4 is 27.8 Å². The van der Waals surface area contributed by atoms with Gasteiger partial charge in [-0.25, -0.2) is 0 Å². The fourth-order valence-corrected chi connectivity index (χ4v) is 1.34. The average molecular weight is 266 g/mol. The first-order chi connectivity index (χ1) is 6.66. The minimum Gasteiger partial charge on any atom is -0.481 e. The number of unbranched alkanes of at least 4 members (excludes halogenated alkanes) is 2. The molecular formula is C9H16BrNO3. The molecular weight excluding hydrogens is 250 g/mol. The first kappa shape index (κ1) is 13.4. The second-order valence-electron chi connectivity index (χ2n) is 2.99. The van der Waals surface area contributed by atoms with Gasteiger partial charge in [0.1, 0.15) is 0 Å². The molecule has 0 saturated carbocycles. The zero-order valence-corrected chi connectivity index (χ0v) is 9.68. The van der Waals surface area contributed by atoms with Crippen molar-refractivity contribution in [1.29, 1.82) is 0 Å². The molecule has 1 amide bonds. The van der Waals surface area contributed by atoms with Crippen molar-refractivity contribution in [2.24, 2.45) is 0 Å². The smallest absolute Gasteiger partial charge is 0.303 e. The summed E-state index contributed by atoms with van der Waals surface area (Å²) in [7, 11) is 0. The number of amides is 1. The topological polar surface area (TPSA) is 66.4 Å². The second kappa shape index (κ2) is 8.99. The summed E-state index contributed by atoms with van der Waals surface area (Å²) < 4.78 is 0. The fourth-order valence-electron chi connectivity index (χ4n) is 0.980. The summed E-state index contributed by atoms with van der Waals surface area (Å²) in [6.45, 7) is 0.644. The number of halogens is 1. The number of hydrogen-bond acceptors (Lipinski definition) is 2. The van der Waals surface area contributed by atoms with E-state index in [1.165, 1.54) is 0 Å². The molecule has 0 aromatic carbocycles. The number of carboxylic acid groups (broad SMARTS) is 1. The molecule has 0 aliphatic rings. The molecule has 0 saturated heterocycles. The van der Waals surface area contributed by atoms with Crippen LogP contribution in [0.5, 0.6) is 0 Å². The predicted molar refractivity (Wildman–Crippen MR) is 57.5 cm³/mol. The molecule has 0 heterocycles. The lowest BCUT2D eigenvalue weighted by atomic mass is 10.2. The molecule has 82 valence electrons. The molecule has 2 N–H and O–H groups in total. The maximum atomic E-state index is 10.9. The highest BCUT2D eigenvalue weighted by molar-refractivity contribution is 9.09. The first-order valence-corrected chi connectivity index (χ1v) is 5.83. The Morgan fingerprint density at radius 2 is 1.86 bits per heavy atom. The van der Waals surface area contributed by atoms with Crippen LogP contribution in [0.2, 0.25) is 0 Å². The van der Waals surface area contributed by atoms with Gasteiger partial charge in [0.05, 0.1) is 0 Å². The van der Waals surface area contributed by atoms with Crippen molar-refractivity contribution in [1.82, 2.24) is 5.32 Å². The van der Waals surface area contributed by atoms with E-state index in [-0.39, 0.29) is 12.3 Å². The Kier molecular flexibility index (Phi) is 8.62. The summed E-state index contributed by atoms with van der Waals surface area (Å²) in [4.78, 5) is 21.1. The van der Waals surface area contributed by atoms with Crippen LogP contribution in [0.15, 0.2) is 0 Å². The van der Waals surface area contributed by atoms with E-state index in [0.29, 0.717) is 24.7 Å². The van der Waals surface area contributed by atoms with Crippen LogP contribution >= 0.6 is 15.9 Å². The summed E-state index contributed by atoms with van der Waals surface area (Å²) in [5.74, 6) is -0.714.